The average Bonchev–Trinajstić information content (AvgIpc) is 2.92. The highest BCUT2D eigenvalue weighted by atomic mass is 79.9. The molecule has 0 heterocycles. The summed E-state index contributed by atoms with van der Waals surface area (Å²) in [5.41, 5.74) is 1.65. The van der Waals surface area contributed by atoms with Crippen molar-refractivity contribution in [2.45, 2.75) is 18.9 Å². The van der Waals surface area contributed by atoms with Crippen LogP contribution in [0, 0.1) is 11.3 Å². The van der Waals surface area contributed by atoms with Gasteiger partial charge in [0.1, 0.15) is 6.07 Å². The molecular weight excluding hydrogens is 228 g/mol. The van der Waals surface area contributed by atoms with E-state index in [1.54, 1.807) is 0 Å². The summed E-state index contributed by atoms with van der Waals surface area (Å²) in [6, 6.07) is 8.41. The molecule has 0 aliphatic heterocycles. The summed E-state index contributed by atoms with van der Waals surface area (Å²) in [6.45, 7) is 0. The van der Waals surface area contributed by atoms with Gasteiger partial charge in [-0.1, -0.05) is 6.07 Å². The van der Waals surface area contributed by atoms with Crippen LogP contribution < -0.4 is 5.32 Å². The van der Waals surface area contributed by atoms with Gasteiger partial charge in [-0.25, -0.2) is 0 Å². The molecule has 0 spiro atoms. The minimum Gasteiger partial charge on any atom is -0.380 e. The van der Waals surface area contributed by atoms with E-state index in [-0.39, 0.29) is 0 Å². The number of nitriles is 1. The Hall–Kier alpha value is -1.01. The molecule has 3 heteroatoms. The number of rotatable bonds is 2. The highest BCUT2D eigenvalue weighted by Crippen LogP contribution is 2.31. The van der Waals surface area contributed by atoms with Gasteiger partial charge in [0.05, 0.1) is 11.3 Å². The van der Waals surface area contributed by atoms with Crippen LogP contribution in [0.1, 0.15) is 18.4 Å². The van der Waals surface area contributed by atoms with Gasteiger partial charge in [0.25, 0.3) is 0 Å². The van der Waals surface area contributed by atoms with Crippen LogP contribution in [0.3, 0.4) is 0 Å². The molecule has 0 saturated heterocycles. The van der Waals surface area contributed by atoms with Crippen molar-refractivity contribution in [2.24, 2.45) is 0 Å². The van der Waals surface area contributed by atoms with E-state index in [9.17, 15) is 0 Å². The van der Waals surface area contributed by atoms with Gasteiger partial charge in [0.15, 0.2) is 0 Å². The number of hydrogen-bond acceptors (Lipinski definition) is 2. The van der Waals surface area contributed by atoms with Crippen molar-refractivity contribution in [3.05, 3.63) is 28.2 Å². The lowest BCUT2D eigenvalue weighted by Gasteiger charge is -2.08. The Morgan fingerprint density at radius 1 is 1.46 bits per heavy atom. The van der Waals surface area contributed by atoms with Gasteiger partial charge in [-0.05, 0) is 40.9 Å². The van der Waals surface area contributed by atoms with Gasteiger partial charge in [-0.3, -0.25) is 0 Å². The molecule has 13 heavy (non-hydrogen) atoms. The Morgan fingerprint density at radius 2 is 2.23 bits per heavy atom. The first kappa shape index (κ1) is 8.58. The van der Waals surface area contributed by atoms with Gasteiger partial charge >= 0.3 is 0 Å². The summed E-state index contributed by atoms with van der Waals surface area (Å²) in [4.78, 5) is 0. The van der Waals surface area contributed by atoms with Gasteiger partial charge in [-0.15, -0.1) is 0 Å². The molecule has 0 bridgehead atoms. The molecule has 0 amide bonds. The molecule has 1 saturated carbocycles. The van der Waals surface area contributed by atoms with Gasteiger partial charge in [0, 0.05) is 10.5 Å². The Kier molecular flexibility index (Phi) is 2.24. The first-order chi connectivity index (χ1) is 6.31. The Morgan fingerprint density at radius 3 is 2.85 bits per heavy atom. The molecular formula is C10H9BrN2. The lowest BCUT2D eigenvalue weighted by atomic mass is 10.2. The molecule has 1 aliphatic carbocycles. The number of halogens is 1. The summed E-state index contributed by atoms with van der Waals surface area (Å²) in [5, 5.41) is 12.2. The summed E-state index contributed by atoms with van der Waals surface area (Å²) < 4.78 is 0.971. The molecule has 0 radical (unpaired) electrons. The lowest BCUT2D eigenvalue weighted by Crippen LogP contribution is -2.03. The maximum absolute atomic E-state index is 8.87. The van der Waals surface area contributed by atoms with E-state index < -0.39 is 0 Å². The Labute approximate surface area is 85.7 Å². The van der Waals surface area contributed by atoms with E-state index >= 15 is 0 Å². The van der Waals surface area contributed by atoms with Crippen molar-refractivity contribution in [1.29, 1.82) is 5.26 Å². The molecule has 1 N–H and O–H groups in total. The van der Waals surface area contributed by atoms with Crippen molar-refractivity contribution in [1.82, 2.24) is 0 Å². The topological polar surface area (TPSA) is 35.8 Å². The molecule has 1 aromatic carbocycles. The Bertz CT molecular complexity index is 364. The van der Waals surface area contributed by atoms with Crippen molar-refractivity contribution < 1.29 is 0 Å². The molecule has 1 aromatic rings. The maximum Gasteiger partial charge on any atom is 0.101 e. The maximum atomic E-state index is 8.87. The number of anilines is 1. The SMILES string of the molecule is N#Cc1cccc(Br)c1NC1CC1. The average molecular weight is 237 g/mol. The van der Waals surface area contributed by atoms with E-state index in [1.807, 2.05) is 18.2 Å². The van der Waals surface area contributed by atoms with Crippen LogP contribution in [0.5, 0.6) is 0 Å². The third kappa shape index (κ3) is 1.84. The van der Waals surface area contributed by atoms with Crippen molar-refractivity contribution in [2.75, 3.05) is 5.32 Å². The van der Waals surface area contributed by atoms with Crippen LogP contribution in [0.25, 0.3) is 0 Å². The van der Waals surface area contributed by atoms with Crippen molar-refractivity contribution >= 4 is 21.6 Å². The summed E-state index contributed by atoms with van der Waals surface area (Å²) >= 11 is 3.43. The predicted octanol–water partition coefficient (Wildman–Crippen LogP) is 2.90. The first-order valence-electron chi connectivity index (χ1n) is 4.26. The van der Waals surface area contributed by atoms with Gasteiger partial charge in [-0.2, -0.15) is 5.26 Å². The second kappa shape index (κ2) is 3.39. The fourth-order valence-corrected chi connectivity index (χ4v) is 1.68. The molecule has 0 aromatic heterocycles. The third-order valence-corrected chi connectivity index (χ3v) is 2.72. The zero-order valence-corrected chi connectivity index (χ0v) is 8.63. The number of hydrogen-bond donors (Lipinski definition) is 1. The number of benzene rings is 1. The highest BCUT2D eigenvalue weighted by molar-refractivity contribution is 9.10. The quantitative estimate of drug-likeness (QED) is 0.858. The second-order valence-electron chi connectivity index (χ2n) is 3.19. The minimum absolute atomic E-state index is 0.575. The minimum atomic E-state index is 0.575. The van der Waals surface area contributed by atoms with Gasteiger partial charge in [0.2, 0.25) is 0 Å². The van der Waals surface area contributed by atoms with Crippen molar-refractivity contribution in [3.63, 3.8) is 0 Å². The summed E-state index contributed by atoms with van der Waals surface area (Å²) in [6.07, 6.45) is 2.43. The van der Waals surface area contributed by atoms with Crippen LogP contribution in [-0.2, 0) is 0 Å². The van der Waals surface area contributed by atoms with Gasteiger partial charge < -0.3 is 5.32 Å². The monoisotopic (exact) mass is 236 g/mol. The zero-order valence-electron chi connectivity index (χ0n) is 7.05. The normalized spacial score (nSPS) is 15.1. The van der Waals surface area contributed by atoms with E-state index in [2.05, 4.69) is 27.3 Å². The predicted molar refractivity (Wildman–Crippen MR) is 55.5 cm³/mol. The second-order valence-corrected chi connectivity index (χ2v) is 4.05. The van der Waals surface area contributed by atoms with Crippen LogP contribution in [0.15, 0.2) is 22.7 Å². The van der Waals surface area contributed by atoms with E-state index in [0.717, 1.165) is 10.2 Å². The molecule has 2 nitrogen and oxygen atoms in total. The molecule has 1 fully saturated rings. The lowest BCUT2D eigenvalue weighted by molar-refractivity contribution is 1.15. The number of para-hydroxylation sites is 1. The van der Waals surface area contributed by atoms with E-state index in [4.69, 9.17) is 5.26 Å². The first-order valence-corrected chi connectivity index (χ1v) is 5.05. The molecule has 1 aliphatic rings. The Balaban J connectivity index is 2.34. The highest BCUT2D eigenvalue weighted by Gasteiger charge is 2.22. The van der Waals surface area contributed by atoms with Crippen LogP contribution in [-0.4, -0.2) is 6.04 Å². The summed E-state index contributed by atoms with van der Waals surface area (Å²) in [7, 11) is 0. The molecule has 2 rings (SSSR count). The smallest absolute Gasteiger partial charge is 0.101 e. The van der Waals surface area contributed by atoms with Crippen molar-refractivity contribution in [3.8, 4) is 6.07 Å². The largest absolute Gasteiger partial charge is 0.380 e. The van der Waals surface area contributed by atoms with Crippen LogP contribution >= 0.6 is 15.9 Å². The number of nitrogens with zero attached hydrogens (tertiary/aromatic N) is 1. The molecule has 66 valence electrons. The van der Waals surface area contributed by atoms with E-state index in [1.165, 1.54) is 12.8 Å². The third-order valence-electron chi connectivity index (χ3n) is 2.06. The summed E-state index contributed by atoms with van der Waals surface area (Å²) in [5.74, 6) is 0. The number of nitrogens with one attached hydrogen (secondary N) is 1. The molecule has 0 atom stereocenters. The zero-order chi connectivity index (χ0) is 9.26. The van der Waals surface area contributed by atoms with E-state index in [0.29, 0.717) is 11.6 Å². The molecule has 0 unspecified atom stereocenters. The fraction of sp³-hybridized carbons (Fsp3) is 0.300. The standard InChI is InChI=1S/C10H9BrN2/c11-9-3-1-2-7(6-12)10(9)13-8-4-5-8/h1-3,8,13H,4-5H2. The van der Waals surface area contributed by atoms with Crippen LogP contribution in [0.2, 0.25) is 0 Å². The fourth-order valence-electron chi connectivity index (χ4n) is 1.20. The van der Waals surface area contributed by atoms with Crippen LogP contribution in [0.4, 0.5) is 5.69 Å².